The van der Waals surface area contributed by atoms with Crippen LogP contribution >= 0.6 is 11.6 Å². The Labute approximate surface area is 182 Å². The Morgan fingerprint density at radius 2 is 1.80 bits per heavy atom. The molecule has 2 aromatic carbocycles. The highest BCUT2D eigenvalue weighted by molar-refractivity contribution is 6.30. The Morgan fingerprint density at radius 1 is 1.10 bits per heavy atom. The highest BCUT2D eigenvalue weighted by Crippen LogP contribution is 2.19. The fourth-order valence-electron chi connectivity index (χ4n) is 3.86. The van der Waals surface area contributed by atoms with Gasteiger partial charge in [0.2, 0.25) is 11.8 Å². The number of carbonyl (C=O) groups excluding carboxylic acids is 2. The van der Waals surface area contributed by atoms with Crippen molar-refractivity contribution in [1.82, 2.24) is 10.2 Å². The summed E-state index contributed by atoms with van der Waals surface area (Å²) in [6.45, 7) is 1.98. The van der Waals surface area contributed by atoms with Gasteiger partial charge in [0.05, 0.1) is 6.42 Å². The largest absolute Gasteiger partial charge is 0.352 e. The fraction of sp³-hybridized carbons (Fsp3) is 0.417. The van der Waals surface area contributed by atoms with Crippen LogP contribution in [0.4, 0.5) is 4.39 Å². The third kappa shape index (κ3) is 6.30. The maximum Gasteiger partial charge on any atom is 0.242 e. The SMILES string of the molecule is C[C@@H](C(=O)NC1CCCCC1)N(Cc1ccc(F)cc1)C(=O)Cc1cccc(Cl)c1. The van der Waals surface area contributed by atoms with E-state index in [1.165, 1.54) is 18.6 Å². The van der Waals surface area contributed by atoms with Gasteiger partial charge in [-0.3, -0.25) is 9.59 Å². The van der Waals surface area contributed by atoms with Gasteiger partial charge in [-0.15, -0.1) is 0 Å². The molecule has 4 nitrogen and oxygen atoms in total. The molecular formula is C24H28ClFN2O2. The Hall–Kier alpha value is -2.40. The molecule has 0 bridgehead atoms. The molecule has 30 heavy (non-hydrogen) atoms. The molecule has 1 saturated carbocycles. The average Bonchev–Trinajstić information content (AvgIpc) is 2.73. The van der Waals surface area contributed by atoms with E-state index in [0.717, 1.165) is 36.8 Å². The molecule has 0 saturated heterocycles. The molecule has 0 radical (unpaired) electrons. The van der Waals surface area contributed by atoms with E-state index >= 15 is 0 Å². The Kier molecular flexibility index (Phi) is 7.86. The lowest BCUT2D eigenvalue weighted by Crippen LogP contribution is -2.50. The summed E-state index contributed by atoms with van der Waals surface area (Å²) in [5, 5.41) is 3.67. The molecule has 0 heterocycles. The van der Waals surface area contributed by atoms with Gasteiger partial charge in [0.1, 0.15) is 11.9 Å². The van der Waals surface area contributed by atoms with Crippen molar-refractivity contribution in [2.45, 2.75) is 64.1 Å². The number of nitrogens with one attached hydrogen (secondary N) is 1. The van der Waals surface area contributed by atoms with Crippen LogP contribution in [-0.2, 0) is 22.6 Å². The molecule has 6 heteroatoms. The minimum absolute atomic E-state index is 0.142. The van der Waals surface area contributed by atoms with Crippen molar-refractivity contribution in [1.29, 1.82) is 0 Å². The molecule has 1 aliphatic rings. The molecule has 0 aliphatic heterocycles. The maximum absolute atomic E-state index is 13.3. The molecule has 0 spiro atoms. The van der Waals surface area contributed by atoms with Gasteiger partial charge < -0.3 is 10.2 Å². The number of amides is 2. The highest BCUT2D eigenvalue weighted by Gasteiger charge is 2.28. The molecule has 1 fully saturated rings. The van der Waals surface area contributed by atoms with Crippen molar-refractivity contribution in [2.75, 3.05) is 0 Å². The van der Waals surface area contributed by atoms with E-state index in [1.807, 2.05) is 6.07 Å². The van der Waals surface area contributed by atoms with Gasteiger partial charge >= 0.3 is 0 Å². The third-order valence-corrected chi connectivity index (χ3v) is 5.86. The summed E-state index contributed by atoms with van der Waals surface area (Å²) in [5.74, 6) is -0.657. The number of halogens is 2. The predicted octanol–water partition coefficient (Wildman–Crippen LogP) is 4.89. The fourth-order valence-corrected chi connectivity index (χ4v) is 4.07. The van der Waals surface area contributed by atoms with Crippen LogP contribution in [0.5, 0.6) is 0 Å². The number of rotatable bonds is 7. The van der Waals surface area contributed by atoms with Gasteiger partial charge in [-0.25, -0.2) is 4.39 Å². The lowest BCUT2D eigenvalue weighted by atomic mass is 9.95. The van der Waals surface area contributed by atoms with Gasteiger partial charge in [-0.2, -0.15) is 0 Å². The second-order valence-electron chi connectivity index (χ2n) is 7.97. The zero-order chi connectivity index (χ0) is 21.5. The minimum Gasteiger partial charge on any atom is -0.352 e. The number of nitrogens with zero attached hydrogens (tertiary/aromatic N) is 1. The van der Waals surface area contributed by atoms with Crippen molar-refractivity contribution in [3.05, 3.63) is 70.5 Å². The van der Waals surface area contributed by atoms with Crippen molar-refractivity contribution in [3.8, 4) is 0 Å². The zero-order valence-electron chi connectivity index (χ0n) is 17.2. The Morgan fingerprint density at radius 3 is 2.47 bits per heavy atom. The molecule has 1 aliphatic carbocycles. The molecule has 160 valence electrons. The van der Waals surface area contributed by atoms with Crippen LogP contribution in [0.25, 0.3) is 0 Å². The standard InChI is InChI=1S/C24H28ClFN2O2/c1-17(24(30)27-22-8-3-2-4-9-22)28(16-18-10-12-21(26)13-11-18)23(29)15-19-6-5-7-20(25)14-19/h5-7,10-14,17,22H,2-4,8-9,15-16H2,1H3,(H,27,30)/t17-/m0/s1. The minimum atomic E-state index is -0.635. The zero-order valence-corrected chi connectivity index (χ0v) is 18.0. The van der Waals surface area contributed by atoms with Gasteiger partial charge in [0.15, 0.2) is 0 Å². The summed E-state index contributed by atoms with van der Waals surface area (Å²) in [5.41, 5.74) is 1.56. The molecule has 0 aromatic heterocycles. The Bertz CT molecular complexity index is 866. The normalized spacial score (nSPS) is 15.4. The summed E-state index contributed by atoms with van der Waals surface area (Å²) in [7, 11) is 0. The van der Waals surface area contributed by atoms with Crippen LogP contribution in [-0.4, -0.2) is 28.8 Å². The van der Waals surface area contributed by atoms with Crippen LogP contribution < -0.4 is 5.32 Å². The van der Waals surface area contributed by atoms with Crippen molar-refractivity contribution < 1.29 is 14.0 Å². The van der Waals surface area contributed by atoms with E-state index < -0.39 is 6.04 Å². The molecule has 1 atom stereocenters. The van der Waals surface area contributed by atoms with E-state index in [4.69, 9.17) is 11.6 Å². The van der Waals surface area contributed by atoms with Gasteiger partial charge in [-0.05, 0) is 55.2 Å². The summed E-state index contributed by atoms with van der Waals surface area (Å²) < 4.78 is 13.3. The van der Waals surface area contributed by atoms with Gasteiger partial charge in [0.25, 0.3) is 0 Å². The van der Waals surface area contributed by atoms with E-state index in [9.17, 15) is 14.0 Å². The van der Waals surface area contributed by atoms with Crippen molar-refractivity contribution in [2.24, 2.45) is 0 Å². The quantitative estimate of drug-likeness (QED) is 0.680. The number of hydrogen-bond acceptors (Lipinski definition) is 2. The van der Waals surface area contributed by atoms with Crippen LogP contribution in [0.3, 0.4) is 0 Å². The van der Waals surface area contributed by atoms with E-state index in [-0.39, 0.29) is 36.6 Å². The van der Waals surface area contributed by atoms with Crippen LogP contribution in [0.15, 0.2) is 48.5 Å². The molecule has 3 rings (SSSR count). The summed E-state index contributed by atoms with van der Waals surface area (Å²) in [4.78, 5) is 27.6. The van der Waals surface area contributed by atoms with Crippen LogP contribution in [0.2, 0.25) is 5.02 Å². The average molecular weight is 431 g/mol. The number of carbonyl (C=O) groups is 2. The number of benzene rings is 2. The van der Waals surface area contributed by atoms with Crippen molar-refractivity contribution in [3.63, 3.8) is 0 Å². The lowest BCUT2D eigenvalue weighted by Gasteiger charge is -2.31. The highest BCUT2D eigenvalue weighted by atomic mass is 35.5. The summed E-state index contributed by atoms with van der Waals surface area (Å²) in [6, 6.07) is 12.7. The first kappa shape index (κ1) is 22.3. The third-order valence-electron chi connectivity index (χ3n) is 5.63. The predicted molar refractivity (Wildman–Crippen MR) is 117 cm³/mol. The monoisotopic (exact) mass is 430 g/mol. The second kappa shape index (κ2) is 10.6. The first-order valence-electron chi connectivity index (χ1n) is 10.5. The first-order chi connectivity index (χ1) is 14.4. The Balaban J connectivity index is 1.75. The molecule has 0 unspecified atom stereocenters. The summed E-state index contributed by atoms with van der Waals surface area (Å²) >= 11 is 6.05. The van der Waals surface area contributed by atoms with Crippen molar-refractivity contribution >= 4 is 23.4 Å². The van der Waals surface area contributed by atoms with E-state index in [1.54, 1.807) is 42.2 Å². The van der Waals surface area contributed by atoms with Gasteiger partial charge in [-0.1, -0.05) is 55.1 Å². The molecular weight excluding hydrogens is 403 g/mol. The second-order valence-corrected chi connectivity index (χ2v) is 8.41. The maximum atomic E-state index is 13.3. The summed E-state index contributed by atoms with van der Waals surface area (Å²) in [6.07, 6.45) is 5.54. The molecule has 1 N–H and O–H groups in total. The molecule has 2 amide bonds. The number of hydrogen-bond donors (Lipinski definition) is 1. The lowest BCUT2D eigenvalue weighted by molar-refractivity contribution is -0.140. The van der Waals surface area contributed by atoms with Gasteiger partial charge in [0, 0.05) is 17.6 Å². The van der Waals surface area contributed by atoms with Crippen LogP contribution in [0.1, 0.15) is 50.2 Å². The van der Waals surface area contributed by atoms with Crippen LogP contribution in [0, 0.1) is 5.82 Å². The van der Waals surface area contributed by atoms with E-state index in [2.05, 4.69) is 5.32 Å². The smallest absolute Gasteiger partial charge is 0.242 e. The first-order valence-corrected chi connectivity index (χ1v) is 10.9. The topological polar surface area (TPSA) is 49.4 Å². The van der Waals surface area contributed by atoms with E-state index in [0.29, 0.717) is 5.02 Å². The molecule has 2 aromatic rings.